The van der Waals surface area contributed by atoms with Crippen molar-refractivity contribution < 1.29 is 4.39 Å². The fraction of sp³-hybridized carbons (Fsp3) is 1.00. The molecule has 0 aliphatic carbocycles. The second-order valence-electron chi connectivity index (χ2n) is 1.07. The highest BCUT2D eigenvalue weighted by Gasteiger charge is 2.12. The molecule has 0 heterocycles. The lowest BCUT2D eigenvalue weighted by atomic mass is 10.5. The van der Waals surface area contributed by atoms with E-state index in [1.54, 1.807) is 6.92 Å². The molecule has 0 rings (SSSR count). The van der Waals surface area contributed by atoms with Gasteiger partial charge in [0.1, 0.15) is 0 Å². The minimum atomic E-state index is -1.57. The molecule has 0 saturated heterocycles. The Balaban J connectivity index is 3.17. The highest BCUT2D eigenvalue weighted by atomic mass is 32.2. The predicted molar refractivity (Wildman–Crippen MR) is 32.1 cm³/mol. The van der Waals surface area contributed by atoms with E-state index in [-0.39, 0.29) is 0 Å². The first kappa shape index (κ1) is 6.63. The Hall–Kier alpha value is 0.630. The first-order chi connectivity index (χ1) is 2.56. The van der Waals surface area contributed by atoms with Crippen LogP contribution >= 0.6 is 25.3 Å². The molecule has 0 N–H and O–H groups in total. The molecule has 0 amide bonds. The third-order valence-corrected chi connectivity index (χ3v) is 1.08. The lowest BCUT2D eigenvalue weighted by Gasteiger charge is -2.04. The molecule has 38 valence electrons. The van der Waals surface area contributed by atoms with E-state index in [2.05, 4.69) is 25.3 Å². The predicted octanol–water partition coefficient (Wildman–Crippen LogP) is 1.88. The van der Waals surface area contributed by atoms with E-state index in [1.807, 2.05) is 0 Å². The van der Waals surface area contributed by atoms with Crippen molar-refractivity contribution in [2.24, 2.45) is 0 Å². The standard InChI is InChI=1S/C3H7FS2/c1-2-3(4,5)6/h5-6H,2H2,1H3. The summed E-state index contributed by atoms with van der Waals surface area (Å²) in [6.07, 6.45) is 0.333. The van der Waals surface area contributed by atoms with Crippen LogP contribution in [-0.2, 0) is 0 Å². The SMILES string of the molecule is CCC(F)(S)S. The van der Waals surface area contributed by atoms with E-state index in [9.17, 15) is 4.39 Å². The summed E-state index contributed by atoms with van der Waals surface area (Å²) in [6.45, 7) is 1.68. The number of hydrogen-bond donors (Lipinski definition) is 2. The molecule has 0 unspecified atom stereocenters. The van der Waals surface area contributed by atoms with E-state index in [0.717, 1.165) is 0 Å². The summed E-state index contributed by atoms with van der Waals surface area (Å²) in [5.74, 6) is 0. The zero-order chi connectivity index (χ0) is 5.21. The van der Waals surface area contributed by atoms with Crippen molar-refractivity contribution in [1.82, 2.24) is 0 Å². The third kappa shape index (κ3) is 4.63. The highest BCUT2D eigenvalue weighted by Crippen LogP contribution is 2.23. The topological polar surface area (TPSA) is 0 Å². The molecule has 0 nitrogen and oxygen atoms in total. The molecular weight excluding hydrogens is 119 g/mol. The van der Waals surface area contributed by atoms with Crippen LogP contribution in [0.3, 0.4) is 0 Å². The molecule has 0 saturated carbocycles. The van der Waals surface area contributed by atoms with Crippen LogP contribution in [0.1, 0.15) is 13.3 Å². The minimum absolute atomic E-state index is 0.333. The van der Waals surface area contributed by atoms with Gasteiger partial charge in [0.15, 0.2) is 4.33 Å². The molecule has 0 aromatic rings. The lowest BCUT2D eigenvalue weighted by molar-refractivity contribution is 0.408. The summed E-state index contributed by atoms with van der Waals surface area (Å²) >= 11 is 6.90. The fourth-order valence-electron chi connectivity index (χ4n) is 0. The molecule has 0 aliphatic heterocycles. The third-order valence-electron chi connectivity index (χ3n) is 0.450. The Morgan fingerprint density at radius 1 is 1.67 bits per heavy atom. The van der Waals surface area contributed by atoms with Crippen molar-refractivity contribution in [1.29, 1.82) is 0 Å². The molecule has 0 bridgehead atoms. The molecule has 0 spiro atoms. The van der Waals surface area contributed by atoms with Crippen molar-refractivity contribution in [2.75, 3.05) is 0 Å². The van der Waals surface area contributed by atoms with Gasteiger partial charge >= 0.3 is 0 Å². The van der Waals surface area contributed by atoms with Crippen LogP contribution in [-0.4, -0.2) is 4.33 Å². The number of alkyl halides is 1. The Morgan fingerprint density at radius 3 is 1.83 bits per heavy atom. The number of hydrogen-bond acceptors (Lipinski definition) is 2. The van der Waals surface area contributed by atoms with Crippen molar-refractivity contribution in [3.63, 3.8) is 0 Å². The summed E-state index contributed by atoms with van der Waals surface area (Å²) in [6, 6.07) is 0. The summed E-state index contributed by atoms with van der Waals surface area (Å²) in [4.78, 5) is 0. The van der Waals surface area contributed by atoms with Gasteiger partial charge in [0.2, 0.25) is 0 Å². The maximum Gasteiger partial charge on any atom is 0.196 e. The van der Waals surface area contributed by atoms with E-state index in [4.69, 9.17) is 0 Å². The summed E-state index contributed by atoms with van der Waals surface area (Å²) < 4.78 is 10.3. The van der Waals surface area contributed by atoms with Gasteiger partial charge in [0.25, 0.3) is 0 Å². The Kier molecular flexibility index (Phi) is 2.29. The van der Waals surface area contributed by atoms with Crippen LogP contribution in [0.25, 0.3) is 0 Å². The Bertz CT molecular complexity index is 38.5. The average Bonchev–Trinajstić information content (AvgIpc) is 1.35. The highest BCUT2D eigenvalue weighted by molar-refractivity contribution is 8.00. The van der Waals surface area contributed by atoms with Gasteiger partial charge in [-0.3, -0.25) is 0 Å². The largest absolute Gasteiger partial charge is 0.220 e. The molecule has 0 radical (unpaired) electrons. The van der Waals surface area contributed by atoms with Gasteiger partial charge < -0.3 is 0 Å². The van der Waals surface area contributed by atoms with Gasteiger partial charge in [-0.2, -0.15) is 0 Å². The van der Waals surface area contributed by atoms with Crippen molar-refractivity contribution >= 4 is 25.3 Å². The Morgan fingerprint density at radius 2 is 1.83 bits per heavy atom. The molecule has 0 aromatic heterocycles. The van der Waals surface area contributed by atoms with Gasteiger partial charge in [0, 0.05) is 0 Å². The Labute approximate surface area is 47.9 Å². The first-order valence-corrected chi connectivity index (χ1v) is 2.59. The smallest absolute Gasteiger partial charge is 0.196 e. The molecule has 0 aliphatic rings. The van der Waals surface area contributed by atoms with Gasteiger partial charge in [-0.25, -0.2) is 4.39 Å². The molecule has 3 heteroatoms. The zero-order valence-corrected chi connectivity index (χ0v) is 5.27. The van der Waals surface area contributed by atoms with E-state index in [1.165, 1.54) is 0 Å². The quantitative estimate of drug-likeness (QED) is 0.389. The lowest BCUT2D eigenvalue weighted by Crippen LogP contribution is -1.98. The first-order valence-electron chi connectivity index (χ1n) is 1.70. The number of thiol groups is 2. The summed E-state index contributed by atoms with van der Waals surface area (Å²) in [5, 5.41) is 0. The van der Waals surface area contributed by atoms with E-state index in [0.29, 0.717) is 6.42 Å². The van der Waals surface area contributed by atoms with Crippen LogP contribution < -0.4 is 0 Å². The van der Waals surface area contributed by atoms with Crippen molar-refractivity contribution in [2.45, 2.75) is 17.7 Å². The average molecular weight is 126 g/mol. The van der Waals surface area contributed by atoms with Crippen LogP contribution in [0.2, 0.25) is 0 Å². The summed E-state index contributed by atoms with van der Waals surface area (Å²) in [5.41, 5.74) is 0. The van der Waals surface area contributed by atoms with Crippen LogP contribution in [0.4, 0.5) is 4.39 Å². The second kappa shape index (κ2) is 2.07. The van der Waals surface area contributed by atoms with Gasteiger partial charge in [-0.15, -0.1) is 25.3 Å². The fourth-order valence-corrected chi connectivity index (χ4v) is 0. The zero-order valence-electron chi connectivity index (χ0n) is 3.48. The molecule has 6 heavy (non-hydrogen) atoms. The van der Waals surface area contributed by atoms with Gasteiger partial charge in [0.05, 0.1) is 0 Å². The van der Waals surface area contributed by atoms with Crippen molar-refractivity contribution in [3.05, 3.63) is 0 Å². The van der Waals surface area contributed by atoms with E-state index < -0.39 is 4.33 Å². The van der Waals surface area contributed by atoms with Crippen LogP contribution in [0.15, 0.2) is 0 Å². The normalized spacial score (nSPS) is 12.0. The van der Waals surface area contributed by atoms with Crippen LogP contribution in [0.5, 0.6) is 0 Å². The van der Waals surface area contributed by atoms with Crippen LogP contribution in [0, 0.1) is 0 Å². The van der Waals surface area contributed by atoms with E-state index >= 15 is 0 Å². The maximum atomic E-state index is 11.8. The molecule has 0 fully saturated rings. The molecule has 0 atom stereocenters. The minimum Gasteiger partial charge on any atom is -0.220 e. The van der Waals surface area contributed by atoms with Gasteiger partial charge in [-0.1, -0.05) is 6.92 Å². The number of rotatable bonds is 1. The molecular formula is C3H7FS2. The summed E-state index contributed by atoms with van der Waals surface area (Å²) in [7, 11) is 0. The monoisotopic (exact) mass is 126 g/mol. The van der Waals surface area contributed by atoms with Gasteiger partial charge in [-0.05, 0) is 6.42 Å². The maximum absolute atomic E-state index is 11.8. The van der Waals surface area contributed by atoms with Crippen molar-refractivity contribution in [3.8, 4) is 0 Å². The second-order valence-corrected chi connectivity index (χ2v) is 2.84. The molecule has 0 aromatic carbocycles. The number of halogens is 1.